The molecule has 2 N–H and O–H groups in total. The van der Waals surface area contributed by atoms with Gasteiger partial charge in [0.25, 0.3) is 0 Å². The average molecular weight is 397 g/mol. The number of rotatable bonds is 5. The summed E-state index contributed by atoms with van der Waals surface area (Å²) in [5.74, 6) is 1.98. The number of benzene rings is 1. The minimum Gasteiger partial charge on any atom is -0.368 e. The van der Waals surface area contributed by atoms with Crippen LogP contribution in [-0.4, -0.2) is 73.5 Å². The summed E-state index contributed by atoms with van der Waals surface area (Å²) in [6, 6.07) is 7.97. The van der Waals surface area contributed by atoms with Crippen LogP contribution >= 0.6 is 23.4 Å². The summed E-state index contributed by atoms with van der Waals surface area (Å²) in [6.07, 6.45) is 0.435. The third-order valence-electron chi connectivity index (χ3n) is 4.69. The van der Waals surface area contributed by atoms with Gasteiger partial charge in [-0.25, -0.2) is 0 Å². The quantitative estimate of drug-likeness (QED) is 0.783. The zero-order valence-corrected chi connectivity index (χ0v) is 16.3. The fraction of sp³-hybridized carbons (Fsp3) is 0.556. The minimum atomic E-state index is -0.0573. The van der Waals surface area contributed by atoms with Crippen LogP contribution in [0.1, 0.15) is 6.42 Å². The van der Waals surface area contributed by atoms with Crippen LogP contribution in [0, 0.1) is 0 Å². The van der Waals surface area contributed by atoms with Crippen molar-refractivity contribution in [3.8, 4) is 0 Å². The second-order valence-corrected chi connectivity index (χ2v) is 8.14. The Morgan fingerprint density at radius 1 is 1.19 bits per heavy atom. The Kier molecular flexibility index (Phi) is 7.05. The van der Waals surface area contributed by atoms with Crippen molar-refractivity contribution in [2.45, 2.75) is 12.5 Å². The molecule has 0 aliphatic carbocycles. The molecule has 3 rings (SSSR count). The van der Waals surface area contributed by atoms with Gasteiger partial charge in [-0.3, -0.25) is 9.59 Å². The number of hydrogen-bond donors (Lipinski definition) is 2. The van der Waals surface area contributed by atoms with Crippen LogP contribution < -0.4 is 15.5 Å². The SMILES string of the molecule is O=C(CC1CSCCN1)NCC(=O)N1CCN(c2ccc(Cl)cc2)CC1. The third-order valence-corrected chi connectivity index (χ3v) is 6.07. The van der Waals surface area contributed by atoms with E-state index in [-0.39, 0.29) is 24.4 Å². The summed E-state index contributed by atoms with van der Waals surface area (Å²) in [7, 11) is 0. The lowest BCUT2D eigenvalue weighted by atomic mass is 10.2. The monoisotopic (exact) mass is 396 g/mol. The number of hydrogen-bond acceptors (Lipinski definition) is 5. The van der Waals surface area contributed by atoms with Crippen LogP contribution in [0.4, 0.5) is 5.69 Å². The number of halogens is 1. The van der Waals surface area contributed by atoms with E-state index in [0.717, 1.165) is 41.8 Å². The lowest BCUT2D eigenvalue weighted by Crippen LogP contribution is -2.51. The van der Waals surface area contributed by atoms with E-state index in [9.17, 15) is 9.59 Å². The summed E-state index contributed by atoms with van der Waals surface area (Å²) >= 11 is 7.79. The van der Waals surface area contributed by atoms with E-state index < -0.39 is 0 Å². The van der Waals surface area contributed by atoms with Crippen LogP contribution in [0.25, 0.3) is 0 Å². The molecule has 2 fully saturated rings. The van der Waals surface area contributed by atoms with Gasteiger partial charge in [0.05, 0.1) is 6.54 Å². The number of anilines is 1. The first kappa shape index (κ1) is 19.3. The molecule has 1 aromatic carbocycles. The number of amides is 2. The molecule has 2 saturated heterocycles. The van der Waals surface area contributed by atoms with Crippen molar-refractivity contribution in [2.75, 3.05) is 55.7 Å². The van der Waals surface area contributed by atoms with Gasteiger partial charge < -0.3 is 20.4 Å². The van der Waals surface area contributed by atoms with Gasteiger partial charge in [0.1, 0.15) is 0 Å². The van der Waals surface area contributed by atoms with Gasteiger partial charge in [0.15, 0.2) is 0 Å². The maximum atomic E-state index is 12.3. The number of piperazine rings is 1. The first-order valence-corrected chi connectivity index (χ1v) is 10.5. The van der Waals surface area contributed by atoms with Crippen molar-refractivity contribution in [1.29, 1.82) is 0 Å². The van der Waals surface area contributed by atoms with Crippen molar-refractivity contribution in [3.63, 3.8) is 0 Å². The largest absolute Gasteiger partial charge is 0.368 e. The van der Waals surface area contributed by atoms with Gasteiger partial charge >= 0.3 is 0 Å². The molecule has 8 heteroatoms. The highest BCUT2D eigenvalue weighted by Crippen LogP contribution is 2.19. The second kappa shape index (κ2) is 9.48. The fourth-order valence-electron chi connectivity index (χ4n) is 3.20. The summed E-state index contributed by atoms with van der Waals surface area (Å²) in [6.45, 7) is 3.92. The molecule has 1 atom stereocenters. The maximum absolute atomic E-state index is 12.3. The van der Waals surface area contributed by atoms with Gasteiger partial charge in [0, 0.05) is 67.4 Å². The van der Waals surface area contributed by atoms with Crippen LogP contribution in [0.2, 0.25) is 5.02 Å². The van der Waals surface area contributed by atoms with Crippen molar-refractivity contribution in [3.05, 3.63) is 29.3 Å². The van der Waals surface area contributed by atoms with E-state index in [1.807, 2.05) is 40.9 Å². The Morgan fingerprint density at radius 2 is 1.92 bits per heavy atom. The highest BCUT2D eigenvalue weighted by molar-refractivity contribution is 7.99. The summed E-state index contributed by atoms with van der Waals surface area (Å²) in [5.41, 5.74) is 1.12. The molecule has 1 aromatic rings. The Labute approximate surface area is 163 Å². The van der Waals surface area contributed by atoms with Gasteiger partial charge in [-0.1, -0.05) is 11.6 Å². The molecular weight excluding hydrogens is 372 g/mol. The molecule has 0 bridgehead atoms. The fourth-order valence-corrected chi connectivity index (χ4v) is 4.27. The topological polar surface area (TPSA) is 64.7 Å². The first-order valence-electron chi connectivity index (χ1n) is 8.98. The van der Waals surface area contributed by atoms with Crippen LogP contribution in [-0.2, 0) is 9.59 Å². The Bertz CT molecular complexity index is 614. The molecule has 0 spiro atoms. The lowest BCUT2D eigenvalue weighted by Gasteiger charge is -2.36. The maximum Gasteiger partial charge on any atom is 0.242 e. The zero-order chi connectivity index (χ0) is 18.4. The number of nitrogens with zero attached hydrogens (tertiary/aromatic N) is 2. The molecule has 1 unspecified atom stereocenters. The van der Waals surface area contributed by atoms with Crippen molar-refractivity contribution in [1.82, 2.24) is 15.5 Å². The van der Waals surface area contributed by atoms with Crippen LogP contribution in [0.5, 0.6) is 0 Å². The summed E-state index contributed by atoms with van der Waals surface area (Å²) in [4.78, 5) is 28.4. The van der Waals surface area contributed by atoms with Crippen molar-refractivity contribution >= 4 is 40.9 Å². The molecule has 6 nitrogen and oxygen atoms in total. The van der Waals surface area contributed by atoms with Gasteiger partial charge in [-0.15, -0.1) is 0 Å². The van der Waals surface area contributed by atoms with Crippen molar-refractivity contribution in [2.24, 2.45) is 0 Å². The van der Waals surface area contributed by atoms with Gasteiger partial charge in [-0.05, 0) is 24.3 Å². The summed E-state index contributed by atoms with van der Waals surface area (Å²) in [5, 5.41) is 6.83. The average Bonchev–Trinajstić information content (AvgIpc) is 2.68. The van der Waals surface area contributed by atoms with E-state index in [0.29, 0.717) is 19.5 Å². The molecule has 2 aliphatic heterocycles. The van der Waals surface area contributed by atoms with E-state index in [2.05, 4.69) is 15.5 Å². The molecule has 26 heavy (non-hydrogen) atoms. The zero-order valence-electron chi connectivity index (χ0n) is 14.7. The Hall–Kier alpha value is -1.44. The van der Waals surface area contributed by atoms with E-state index in [4.69, 9.17) is 11.6 Å². The normalized spacial score (nSPS) is 20.7. The predicted molar refractivity (Wildman–Crippen MR) is 107 cm³/mol. The molecule has 0 radical (unpaired) electrons. The molecular formula is C18H25ClN4O2S. The smallest absolute Gasteiger partial charge is 0.242 e. The van der Waals surface area contributed by atoms with E-state index in [1.54, 1.807) is 0 Å². The van der Waals surface area contributed by atoms with Gasteiger partial charge in [-0.2, -0.15) is 11.8 Å². The van der Waals surface area contributed by atoms with Crippen molar-refractivity contribution < 1.29 is 9.59 Å². The molecule has 2 heterocycles. The number of thioether (sulfide) groups is 1. The molecule has 0 aromatic heterocycles. The second-order valence-electron chi connectivity index (χ2n) is 6.55. The van der Waals surface area contributed by atoms with Crippen LogP contribution in [0.15, 0.2) is 24.3 Å². The predicted octanol–water partition coefficient (Wildman–Crippen LogP) is 1.20. The highest BCUT2D eigenvalue weighted by atomic mass is 35.5. The highest BCUT2D eigenvalue weighted by Gasteiger charge is 2.22. The molecule has 2 aliphatic rings. The van der Waals surface area contributed by atoms with Crippen LogP contribution in [0.3, 0.4) is 0 Å². The number of carbonyl (C=O) groups is 2. The van der Waals surface area contributed by atoms with Gasteiger partial charge in [0.2, 0.25) is 11.8 Å². The molecule has 142 valence electrons. The van der Waals surface area contributed by atoms with E-state index >= 15 is 0 Å². The molecule has 2 amide bonds. The minimum absolute atomic E-state index is 0.0138. The molecule has 0 saturated carbocycles. The Balaban J connectivity index is 1.38. The summed E-state index contributed by atoms with van der Waals surface area (Å²) < 4.78 is 0. The standard InChI is InChI=1S/C18H25ClN4O2S/c19-14-1-3-16(4-2-14)22-6-8-23(9-7-22)18(25)12-21-17(24)11-15-13-26-10-5-20-15/h1-4,15,20H,5-13H2,(H,21,24). The van der Waals surface area contributed by atoms with E-state index in [1.165, 1.54) is 0 Å². The lowest BCUT2D eigenvalue weighted by molar-refractivity contribution is -0.133. The Morgan fingerprint density at radius 3 is 2.58 bits per heavy atom. The third kappa shape index (κ3) is 5.53. The number of nitrogens with one attached hydrogen (secondary N) is 2. The first-order chi connectivity index (χ1) is 12.6. The number of carbonyl (C=O) groups excluding carboxylic acids is 2.